The van der Waals surface area contributed by atoms with Crippen molar-refractivity contribution in [3.05, 3.63) is 0 Å². The minimum atomic E-state index is -0.780. The van der Waals surface area contributed by atoms with Crippen molar-refractivity contribution in [3.63, 3.8) is 0 Å². The lowest BCUT2D eigenvalue weighted by atomic mass is 9.60. The first kappa shape index (κ1) is 12.9. The molecule has 96 valence electrons. The minimum Gasteiger partial charge on any atom is -0.388 e. The van der Waals surface area contributed by atoms with Crippen LogP contribution in [0.2, 0.25) is 0 Å². The van der Waals surface area contributed by atoms with Gasteiger partial charge in [0.15, 0.2) is 0 Å². The van der Waals surface area contributed by atoms with Gasteiger partial charge in [0, 0.05) is 6.54 Å². The molecule has 17 heavy (non-hydrogen) atoms. The molecule has 0 aromatic heterocycles. The van der Waals surface area contributed by atoms with E-state index < -0.39 is 11.0 Å². The molecule has 1 heterocycles. The van der Waals surface area contributed by atoms with Gasteiger partial charge in [-0.05, 0) is 31.7 Å². The molecule has 1 saturated heterocycles. The smallest absolute Gasteiger partial charge is 0.0882 e. The predicted molar refractivity (Wildman–Crippen MR) is 67.3 cm³/mol. The van der Waals surface area contributed by atoms with Crippen LogP contribution in [-0.2, 0) is 0 Å². The third-order valence-corrected chi connectivity index (χ3v) is 4.95. The van der Waals surface area contributed by atoms with Gasteiger partial charge in [0.1, 0.15) is 0 Å². The summed E-state index contributed by atoms with van der Waals surface area (Å²) in [6.45, 7) is 3.75. The van der Waals surface area contributed by atoms with Crippen LogP contribution in [0.5, 0.6) is 0 Å². The molecule has 2 unspecified atom stereocenters. The Morgan fingerprint density at radius 1 is 1.18 bits per heavy atom. The van der Waals surface area contributed by atoms with Gasteiger partial charge in [-0.2, -0.15) is 5.26 Å². The van der Waals surface area contributed by atoms with Gasteiger partial charge >= 0.3 is 0 Å². The van der Waals surface area contributed by atoms with E-state index in [4.69, 9.17) is 0 Å². The third kappa shape index (κ3) is 2.09. The van der Waals surface area contributed by atoms with Crippen molar-refractivity contribution in [3.8, 4) is 6.07 Å². The van der Waals surface area contributed by atoms with Crippen LogP contribution in [0.1, 0.15) is 51.9 Å². The van der Waals surface area contributed by atoms with Crippen LogP contribution in [0, 0.1) is 22.7 Å². The van der Waals surface area contributed by atoms with E-state index in [1.165, 1.54) is 12.8 Å². The van der Waals surface area contributed by atoms with Gasteiger partial charge in [-0.3, -0.25) is 0 Å². The van der Waals surface area contributed by atoms with Gasteiger partial charge in [0.05, 0.1) is 17.1 Å². The van der Waals surface area contributed by atoms with Gasteiger partial charge in [-0.25, -0.2) is 0 Å². The molecule has 0 spiro atoms. The van der Waals surface area contributed by atoms with Crippen molar-refractivity contribution >= 4 is 0 Å². The van der Waals surface area contributed by atoms with Crippen molar-refractivity contribution in [2.24, 2.45) is 11.3 Å². The van der Waals surface area contributed by atoms with E-state index in [0.717, 1.165) is 45.2 Å². The van der Waals surface area contributed by atoms with Crippen molar-refractivity contribution in [2.45, 2.75) is 57.5 Å². The highest BCUT2D eigenvalue weighted by molar-refractivity contribution is 5.14. The SMILES string of the molecule is CC1CNCCC1(O)C1(C#N)CCCCCC1. The number of piperidine rings is 1. The van der Waals surface area contributed by atoms with Crippen LogP contribution in [0.15, 0.2) is 0 Å². The second kappa shape index (κ2) is 4.96. The molecule has 0 amide bonds. The Kier molecular flexibility index (Phi) is 3.75. The van der Waals surface area contributed by atoms with Gasteiger partial charge in [0.2, 0.25) is 0 Å². The Morgan fingerprint density at radius 3 is 2.35 bits per heavy atom. The summed E-state index contributed by atoms with van der Waals surface area (Å²) in [5.41, 5.74) is -1.28. The molecule has 1 aliphatic heterocycles. The number of nitriles is 1. The molecule has 1 aliphatic carbocycles. The zero-order chi connectivity index (χ0) is 12.4. The van der Waals surface area contributed by atoms with Gasteiger partial charge < -0.3 is 10.4 Å². The lowest BCUT2D eigenvalue weighted by Gasteiger charge is -2.49. The number of nitrogens with one attached hydrogen (secondary N) is 1. The first-order valence-corrected chi connectivity index (χ1v) is 6.99. The molecule has 1 saturated carbocycles. The molecule has 0 aromatic rings. The zero-order valence-corrected chi connectivity index (χ0v) is 10.8. The van der Waals surface area contributed by atoms with Crippen LogP contribution in [0.25, 0.3) is 0 Å². The second-order valence-electron chi connectivity index (χ2n) is 5.89. The third-order valence-electron chi connectivity index (χ3n) is 4.95. The van der Waals surface area contributed by atoms with E-state index in [2.05, 4.69) is 18.3 Å². The Bertz CT molecular complexity index is 302. The fraction of sp³-hybridized carbons (Fsp3) is 0.929. The van der Waals surface area contributed by atoms with Crippen molar-refractivity contribution in [2.75, 3.05) is 13.1 Å². The predicted octanol–water partition coefficient (Wildman–Crippen LogP) is 2.21. The number of nitrogens with zero attached hydrogens (tertiary/aromatic N) is 1. The van der Waals surface area contributed by atoms with Crippen molar-refractivity contribution in [1.29, 1.82) is 5.26 Å². The van der Waals surface area contributed by atoms with Crippen LogP contribution in [-0.4, -0.2) is 23.8 Å². The van der Waals surface area contributed by atoms with E-state index in [0.29, 0.717) is 0 Å². The Hall–Kier alpha value is -0.590. The molecule has 0 radical (unpaired) electrons. The standard InChI is InChI=1S/C14H24N2O/c1-12-10-16-9-8-14(12,17)13(11-15)6-4-2-3-5-7-13/h12,16-17H,2-10H2,1H3. The topological polar surface area (TPSA) is 56.0 Å². The molecule has 2 atom stereocenters. The summed E-state index contributed by atoms with van der Waals surface area (Å²) >= 11 is 0. The largest absolute Gasteiger partial charge is 0.388 e. The Labute approximate surface area is 104 Å². The first-order valence-electron chi connectivity index (χ1n) is 6.99. The molecule has 0 aromatic carbocycles. The monoisotopic (exact) mass is 236 g/mol. The molecule has 0 bridgehead atoms. The highest BCUT2D eigenvalue weighted by Gasteiger charge is 2.54. The van der Waals surface area contributed by atoms with Crippen LogP contribution < -0.4 is 5.32 Å². The fourth-order valence-corrected chi connectivity index (χ4v) is 3.70. The lowest BCUT2D eigenvalue weighted by Crippen LogP contribution is -2.58. The summed E-state index contributed by atoms with van der Waals surface area (Å²) in [7, 11) is 0. The minimum absolute atomic E-state index is 0.175. The summed E-state index contributed by atoms with van der Waals surface area (Å²) < 4.78 is 0. The van der Waals surface area contributed by atoms with Gasteiger partial charge in [0.25, 0.3) is 0 Å². The summed E-state index contributed by atoms with van der Waals surface area (Å²) in [6.07, 6.45) is 7.10. The van der Waals surface area contributed by atoms with Crippen LogP contribution >= 0.6 is 0 Å². The molecule has 2 fully saturated rings. The summed E-state index contributed by atoms with van der Waals surface area (Å²) in [6, 6.07) is 2.52. The highest BCUT2D eigenvalue weighted by Crippen LogP contribution is 2.49. The maximum absolute atomic E-state index is 11.1. The average molecular weight is 236 g/mol. The van der Waals surface area contributed by atoms with Gasteiger partial charge in [-0.15, -0.1) is 0 Å². The Morgan fingerprint density at radius 2 is 1.82 bits per heavy atom. The van der Waals surface area contributed by atoms with Crippen LogP contribution in [0.3, 0.4) is 0 Å². The molecule has 2 rings (SSSR count). The number of rotatable bonds is 1. The van der Waals surface area contributed by atoms with E-state index >= 15 is 0 Å². The normalized spacial score (nSPS) is 38.1. The number of aliphatic hydroxyl groups is 1. The number of hydrogen-bond acceptors (Lipinski definition) is 3. The second-order valence-corrected chi connectivity index (χ2v) is 5.89. The molecule has 3 nitrogen and oxygen atoms in total. The molecule has 2 aliphatic rings. The average Bonchev–Trinajstić information content (AvgIpc) is 2.59. The quantitative estimate of drug-likeness (QED) is 0.686. The highest BCUT2D eigenvalue weighted by atomic mass is 16.3. The Balaban J connectivity index is 2.28. The van der Waals surface area contributed by atoms with E-state index in [9.17, 15) is 10.4 Å². The maximum Gasteiger partial charge on any atom is 0.0882 e. The number of hydrogen-bond donors (Lipinski definition) is 2. The summed E-state index contributed by atoms with van der Waals surface area (Å²) in [5.74, 6) is 0.175. The molecule has 3 heteroatoms. The summed E-state index contributed by atoms with van der Waals surface area (Å²) in [4.78, 5) is 0. The molecular formula is C14H24N2O. The molecular weight excluding hydrogens is 212 g/mol. The van der Waals surface area contributed by atoms with Crippen molar-refractivity contribution < 1.29 is 5.11 Å². The van der Waals surface area contributed by atoms with E-state index in [1.54, 1.807) is 0 Å². The van der Waals surface area contributed by atoms with Gasteiger partial charge in [-0.1, -0.05) is 32.6 Å². The molecule has 2 N–H and O–H groups in total. The van der Waals surface area contributed by atoms with Crippen LogP contribution in [0.4, 0.5) is 0 Å². The maximum atomic E-state index is 11.1. The van der Waals surface area contributed by atoms with E-state index in [-0.39, 0.29) is 5.92 Å². The zero-order valence-electron chi connectivity index (χ0n) is 10.8. The van der Waals surface area contributed by atoms with Crippen molar-refractivity contribution in [1.82, 2.24) is 5.32 Å². The lowest BCUT2D eigenvalue weighted by molar-refractivity contribution is -0.119. The summed E-state index contributed by atoms with van der Waals surface area (Å²) in [5, 5.41) is 24.1. The fourth-order valence-electron chi connectivity index (χ4n) is 3.70. The van der Waals surface area contributed by atoms with E-state index in [1.807, 2.05) is 0 Å². The first-order chi connectivity index (χ1) is 8.15.